The van der Waals surface area contributed by atoms with E-state index in [1.807, 2.05) is 12.1 Å². The first kappa shape index (κ1) is 33.6. The van der Waals surface area contributed by atoms with Crippen LogP contribution >= 0.6 is 0 Å². The molecule has 1 unspecified atom stereocenters. The number of anilines is 1. The summed E-state index contributed by atoms with van der Waals surface area (Å²) in [6, 6.07) is 13.1. The van der Waals surface area contributed by atoms with Gasteiger partial charge in [-0.05, 0) is 106 Å². The zero-order chi connectivity index (χ0) is 31.5. The fourth-order valence-corrected chi connectivity index (χ4v) is 14.4. The van der Waals surface area contributed by atoms with E-state index in [2.05, 4.69) is 61.5 Å². The third-order valence-electron chi connectivity index (χ3n) is 9.99. The summed E-state index contributed by atoms with van der Waals surface area (Å²) in [5.41, 5.74) is 1.93. The number of aliphatic hydroxyl groups excluding tert-OH is 1. The van der Waals surface area contributed by atoms with Crippen LogP contribution in [0.4, 0.5) is 5.69 Å². The third kappa shape index (κ3) is 7.77. The first-order chi connectivity index (χ1) is 20.9. The van der Waals surface area contributed by atoms with Crippen molar-refractivity contribution in [1.29, 1.82) is 0 Å². The van der Waals surface area contributed by atoms with Crippen LogP contribution in [0.5, 0.6) is 0 Å². The zero-order valence-electron chi connectivity index (χ0n) is 27.6. The van der Waals surface area contributed by atoms with Gasteiger partial charge < -0.3 is 33.4 Å². The van der Waals surface area contributed by atoms with Crippen molar-refractivity contribution in [2.24, 2.45) is 23.2 Å². The smallest absolute Gasteiger partial charge is 0.416 e. The van der Waals surface area contributed by atoms with Crippen LogP contribution in [-0.4, -0.2) is 68.2 Å². The van der Waals surface area contributed by atoms with Gasteiger partial charge in [-0.25, -0.2) is 0 Å². The lowest BCUT2D eigenvalue weighted by molar-refractivity contribution is -0.147. The van der Waals surface area contributed by atoms with Crippen molar-refractivity contribution in [3.05, 3.63) is 42.0 Å². The fraction of sp³-hybridized carbons (Fsp3) is 0.676. The number of aliphatic hydroxyl groups is 1. The summed E-state index contributed by atoms with van der Waals surface area (Å²) in [6.07, 6.45) is 7.30. The molecule has 0 saturated heterocycles. The van der Waals surface area contributed by atoms with Gasteiger partial charge >= 0.3 is 8.80 Å². The maximum absolute atomic E-state index is 13.7. The quantitative estimate of drug-likeness (QED) is 0.142. The largest absolute Gasteiger partial charge is 0.490 e. The Balaban J connectivity index is 1.13. The Morgan fingerprint density at radius 2 is 1.59 bits per heavy atom. The van der Waals surface area contributed by atoms with Gasteiger partial charge in [0.15, 0.2) is 8.32 Å². The number of benzene rings is 2. The van der Waals surface area contributed by atoms with Crippen LogP contribution in [0, 0.1) is 23.2 Å². The summed E-state index contributed by atoms with van der Waals surface area (Å²) in [5.74, 6) is 2.50. The van der Waals surface area contributed by atoms with Crippen molar-refractivity contribution < 1.29 is 27.6 Å². The minimum absolute atomic E-state index is 0.0809. The van der Waals surface area contributed by atoms with E-state index in [0.717, 1.165) is 65.5 Å². The number of hydrogen-bond acceptors (Lipinski definition) is 7. The normalized spacial score (nSPS) is 26.1. The van der Waals surface area contributed by atoms with Crippen LogP contribution in [0.1, 0.15) is 63.5 Å². The van der Waals surface area contributed by atoms with Crippen LogP contribution in [0.3, 0.4) is 0 Å². The molecule has 2 aromatic carbocycles. The molecule has 3 N–H and O–H groups in total. The second kappa shape index (κ2) is 13.9. The van der Waals surface area contributed by atoms with E-state index in [1.165, 1.54) is 19.3 Å². The van der Waals surface area contributed by atoms with Crippen LogP contribution in [0.2, 0.25) is 25.7 Å². The van der Waals surface area contributed by atoms with Crippen LogP contribution in [-0.2, 0) is 22.5 Å². The maximum Gasteiger partial charge on any atom is 0.490 e. The molecule has 4 saturated carbocycles. The van der Waals surface area contributed by atoms with Gasteiger partial charge in [0.2, 0.25) is 5.91 Å². The van der Waals surface area contributed by atoms with Gasteiger partial charge in [0.1, 0.15) is 0 Å². The predicted octanol–water partition coefficient (Wildman–Crippen LogP) is 6.50. The molecule has 2 atom stereocenters. The van der Waals surface area contributed by atoms with E-state index in [0.29, 0.717) is 19.2 Å². The number of nitrogens with one attached hydrogen (secondary N) is 2. The van der Waals surface area contributed by atoms with Crippen LogP contribution in [0.15, 0.2) is 36.4 Å². The highest BCUT2D eigenvalue weighted by molar-refractivity contribution is 6.79. The Hall–Kier alpha value is -1.80. The molecule has 4 aliphatic rings. The lowest BCUT2D eigenvalue weighted by Gasteiger charge is -2.55. The molecule has 2 aromatic rings. The molecule has 1 amide bonds. The molecule has 4 bridgehead atoms. The molecule has 44 heavy (non-hydrogen) atoms. The van der Waals surface area contributed by atoms with Gasteiger partial charge in [-0.2, -0.15) is 0 Å². The summed E-state index contributed by atoms with van der Waals surface area (Å²) in [7, 11) is -1.20. The fourth-order valence-electron chi connectivity index (χ4n) is 8.46. The molecule has 8 nitrogen and oxygen atoms in total. The van der Waals surface area contributed by atoms with Crippen LogP contribution in [0.25, 0.3) is 10.8 Å². The first-order valence-electron chi connectivity index (χ1n) is 16.6. The number of carbonyl (C=O) groups excluding carboxylic acids is 1. The second-order valence-corrected chi connectivity index (χ2v) is 22.4. The van der Waals surface area contributed by atoms with Gasteiger partial charge in [-0.1, -0.05) is 30.3 Å². The minimum Gasteiger partial charge on any atom is -0.416 e. The number of rotatable bonds is 16. The molecule has 0 aliphatic heterocycles. The molecule has 6 rings (SSSR count). The Morgan fingerprint density at radius 1 is 0.977 bits per heavy atom. The standard InChI is InChI=1S/C34H54N2O6Si2/c1-24(36-33(38)34-19-25-16-26(20-34)18-27(17-25)21-34)29-12-13-32(31-11-8-7-10-30(29)31)35-22-28(37)23-41-14-9-15-44(39-2,40-3)42-43(4,5)6/h7-8,10-13,24-28,35,37H,9,14-23H2,1-6H3,(H,36,38)/t24-,25?,26?,27?,28?,34?/m1/s1. The topological polar surface area (TPSA) is 98.3 Å². The first-order valence-corrected chi connectivity index (χ1v) is 21.9. The molecular weight excluding hydrogens is 589 g/mol. The van der Waals surface area contributed by atoms with Crippen molar-refractivity contribution in [2.45, 2.75) is 89.7 Å². The van der Waals surface area contributed by atoms with Gasteiger partial charge in [0.25, 0.3) is 0 Å². The number of amides is 1. The highest BCUT2D eigenvalue weighted by Gasteiger charge is 2.54. The monoisotopic (exact) mass is 642 g/mol. The number of fused-ring (bicyclic) bond motifs is 1. The number of hydrogen-bond donors (Lipinski definition) is 3. The molecule has 4 fully saturated rings. The van der Waals surface area contributed by atoms with E-state index in [1.54, 1.807) is 14.2 Å². The van der Waals surface area contributed by atoms with E-state index in [-0.39, 0.29) is 24.0 Å². The molecular formula is C34H54N2O6Si2. The van der Waals surface area contributed by atoms with Gasteiger partial charge in [-0.15, -0.1) is 0 Å². The zero-order valence-corrected chi connectivity index (χ0v) is 29.6. The average Bonchev–Trinajstić information content (AvgIpc) is 2.97. The predicted molar refractivity (Wildman–Crippen MR) is 180 cm³/mol. The lowest BCUT2D eigenvalue weighted by Crippen LogP contribution is -2.53. The van der Waals surface area contributed by atoms with E-state index >= 15 is 0 Å². The van der Waals surface area contributed by atoms with E-state index < -0.39 is 23.2 Å². The van der Waals surface area contributed by atoms with E-state index in [9.17, 15) is 9.90 Å². The minimum atomic E-state index is -2.70. The molecule has 4 aliphatic carbocycles. The summed E-state index contributed by atoms with van der Waals surface area (Å²) in [5, 5.41) is 19.7. The second-order valence-electron chi connectivity index (χ2n) is 14.7. The van der Waals surface area contributed by atoms with Crippen LogP contribution < -0.4 is 10.6 Å². The average molecular weight is 643 g/mol. The Morgan fingerprint density at radius 3 is 2.18 bits per heavy atom. The molecule has 0 radical (unpaired) electrons. The Kier molecular flexibility index (Phi) is 10.6. The van der Waals surface area contributed by atoms with Crippen molar-refractivity contribution in [3.8, 4) is 0 Å². The number of carbonyl (C=O) groups is 1. The highest BCUT2D eigenvalue weighted by Crippen LogP contribution is 2.60. The summed E-state index contributed by atoms with van der Waals surface area (Å²) < 4.78 is 23.5. The van der Waals surface area contributed by atoms with Crippen molar-refractivity contribution in [1.82, 2.24) is 5.32 Å². The summed E-state index contributed by atoms with van der Waals surface area (Å²) >= 11 is 0. The SMILES string of the molecule is CO[Si](CCCOCC(O)CNc1ccc([C@@H](C)NC(=O)C23CC4CC(CC(C4)C2)C3)c2ccccc12)(OC)O[Si](C)(C)C. The third-order valence-corrected chi connectivity index (χ3v) is 15.9. The lowest BCUT2D eigenvalue weighted by atomic mass is 9.49. The number of ether oxygens (including phenoxy) is 1. The molecule has 10 heteroatoms. The van der Waals surface area contributed by atoms with Gasteiger partial charge in [0.05, 0.1) is 18.8 Å². The molecule has 0 spiro atoms. The molecule has 0 aromatic heterocycles. The maximum atomic E-state index is 13.7. The highest BCUT2D eigenvalue weighted by atomic mass is 28.5. The van der Waals surface area contributed by atoms with Crippen molar-refractivity contribution in [2.75, 3.05) is 39.3 Å². The van der Waals surface area contributed by atoms with Crippen molar-refractivity contribution in [3.63, 3.8) is 0 Å². The van der Waals surface area contributed by atoms with Gasteiger partial charge in [-0.3, -0.25) is 4.79 Å². The van der Waals surface area contributed by atoms with E-state index in [4.69, 9.17) is 17.7 Å². The summed E-state index contributed by atoms with van der Waals surface area (Å²) in [6.45, 7) is 9.60. The van der Waals surface area contributed by atoms with Gasteiger partial charge in [0, 0.05) is 49.9 Å². The Bertz CT molecular complexity index is 1240. The summed E-state index contributed by atoms with van der Waals surface area (Å²) in [4.78, 5) is 13.7. The Labute approximate surface area is 266 Å². The van der Waals surface area contributed by atoms with Crippen molar-refractivity contribution >= 4 is 39.5 Å². The molecule has 0 heterocycles. The molecule has 244 valence electrons.